The molecule has 2 unspecified atom stereocenters. The molecule has 2 N–H and O–H groups in total. The Labute approximate surface area is 342 Å². The van der Waals surface area contributed by atoms with Crippen LogP contribution >= 0.6 is 0 Å². The monoisotopic (exact) mass is 806 g/mol. The third-order valence-electron chi connectivity index (χ3n) is 14.3. The molecule has 15 atom stereocenters. The molecule has 12 heteroatoms. The summed E-state index contributed by atoms with van der Waals surface area (Å²) in [6.07, 6.45) is 4.90. The van der Waals surface area contributed by atoms with Crippen molar-refractivity contribution in [2.45, 2.75) is 186 Å². The Morgan fingerprint density at radius 2 is 1.56 bits per heavy atom. The van der Waals surface area contributed by atoms with Gasteiger partial charge in [-0.2, -0.15) is 0 Å². The first-order chi connectivity index (χ1) is 26.8. The van der Waals surface area contributed by atoms with Gasteiger partial charge in [0, 0.05) is 46.1 Å². The summed E-state index contributed by atoms with van der Waals surface area (Å²) in [7, 11) is 4.85. The van der Waals surface area contributed by atoms with E-state index >= 15 is 0 Å². The Kier molecular flexibility index (Phi) is 17.0. The van der Waals surface area contributed by atoms with Crippen LogP contribution in [0.4, 0.5) is 0 Å². The SMILES string of the molecule is CC[C@@H]1/C=C(/C)C[C@H](C)C[C@H](OC)[C@@]2(C)O[C@@](C)(C(=O)C(=O)N3CCCC[C@H]3C(=O)O[C@H](C(C)CC3CC[C@@H](O)[C@H](OC)C3)[C@H](C)[C@@H](O)CC1=O)[C@H](C)C[C@@H]2OC. The topological polar surface area (TPSA) is 158 Å². The zero-order valence-electron chi connectivity index (χ0n) is 36.8. The lowest BCUT2D eigenvalue weighted by Crippen LogP contribution is -2.68. The Balaban J connectivity index is 1.76. The van der Waals surface area contributed by atoms with Crippen molar-refractivity contribution in [1.29, 1.82) is 0 Å². The number of aliphatic hydroxyl groups is 2. The van der Waals surface area contributed by atoms with Crippen LogP contribution in [0.15, 0.2) is 11.6 Å². The molecule has 326 valence electrons. The molecule has 0 aromatic carbocycles. The molecule has 2 bridgehead atoms. The minimum absolute atomic E-state index is 0.0755. The van der Waals surface area contributed by atoms with Crippen LogP contribution < -0.4 is 0 Å². The zero-order chi connectivity index (χ0) is 42.4. The van der Waals surface area contributed by atoms with E-state index in [0.717, 1.165) is 12.0 Å². The molecule has 0 radical (unpaired) electrons. The maximum absolute atomic E-state index is 14.6. The molecule has 4 aliphatic rings. The number of aliphatic hydroxyl groups excluding tert-OH is 2. The van der Waals surface area contributed by atoms with E-state index in [1.807, 2.05) is 47.6 Å². The number of ketones is 2. The molecular weight excluding hydrogens is 730 g/mol. The van der Waals surface area contributed by atoms with Crippen LogP contribution in [0.3, 0.4) is 0 Å². The lowest BCUT2D eigenvalue weighted by molar-refractivity contribution is -0.276. The average molecular weight is 806 g/mol. The van der Waals surface area contributed by atoms with Gasteiger partial charge in [-0.1, -0.05) is 46.3 Å². The summed E-state index contributed by atoms with van der Waals surface area (Å²) in [6, 6.07) is -1.00. The fourth-order valence-corrected chi connectivity index (χ4v) is 10.5. The van der Waals surface area contributed by atoms with Gasteiger partial charge in [-0.15, -0.1) is 0 Å². The first kappa shape index (κ1) is 47.5. The molecule has 0 spiro atoms. The van der Waals surface area contributed by atoms with Crippen molar-refractivity contribution in [3.05, 3.63) is 11.6 Å². The molecule has 3 heterocycles. The number of esters is 1. The van der Waals surface area contributed by atoms with E-state index in [1.165, 1.54) is 4.90 Å². The van der Waals surface area contributed by atoms with Gasteiger partial charge >= 0.3 is 5.97 Å². The number of nitrogens with zero attached hydrogens (tertiary/aromatic N) is 1. The lowest BCUT2D eigenvalue weighted by Gasteiger charge is -2.54. The predicted molar refractivity (Wildman–Crippen MR) is 216 cm³/mol. The molecule has 57 heavy (non-hydrogen) atoms. The number of amides is 1. The van der Waals surface area contributed by atoms with Crippen LogP contribution in [0.25, 0.3) is 0 Å². The first-order valence-electron chi connectivity index (χ1n) is 21.7. The fraction of sp³-hybridized carbons (Fsp3) is 0.867. The quantitative estimate of drug-likeness (QED) is 0.176. The molecule has 1 amide bonds. The maximum Gasteiger partial charge on any atom is 0.329 e. The average Bonchev–Trinajstić information content (AvgIpc) is 3.18. The molecule has 4 rings (SSSR count). The minimum atomic E-state index is -1.53. The van der Waals surface area contributed by atoms with Crippen molar-refractivity contribution in [3.63, 3.8) is 0 Å². The third kappa shape index (κ3) is 10.8. The fourth-order valence-electron chi connectivity index (χ4n) is 10.5. The molecule has 0 aromatic heterocycles. The molecule has 0 aromatic rings. The van der Waals surface area contributed by atoms with E-state index < -0.39 is 83.2 Å². The van der Waals surface area contributed by atoms with Crippen molar-refractivity contribution in [2.75, 3.05) is 27.9 Å². The summed E-state index contributed by atoms with van der Waals surface area (Å²) in [4.78, 5) is 58.7. The number of rotatable bonds is 7. The largest absolute Gasteiger partial charge is 0.460 e. The zero-order valence-corrected chi connectivity index (χ0v) is 36.8. The summed E-state index contributed by atoms with van der Waals surface area (Å²) in [5.41, 5.74) is -1.57. The summed E-state index contributed by atoms with van der Waals surface area (Å²) >= 11 is 0. The first-order valence-corrected chi connectivity index (χ1v) is 21.7. The second-order valence-corrected chi connectivity index (χ2v) is 18.6. The molecule has 3 aliphatic heterocycles. The predicted octanol–water partition coefficient (Wildman–Crippen LogP) is 6.01. The van der Waals surface area contributed by atoms with Crippen LogP contribution in [0.1, 0.15) is 132 Å². The van der Waals surface area contributed by atoms with E-state index in [0.29, 0.717) is 64.2 Å². The highest BCUT2D eigenvalue weighted by molar-refractivity contribution is 6.39. The number of fused-ring (bicyclic) bond motifs is 3. The molecular formula is C45H75NO11. The second-order valence-electron chi connectivity index (χ2n) is 18.6. The van der Waals surface area contributed by atoms with E-state index in [4.69, 9.17) is 23.7 Å². The van der Waals surface area contributed by atoms with Gasteiger partial charge in [-0.05, 0) is 115 Å². The molecule has 1 aliphatic carbocycles. The van der Waals surface area contributed by atoms with E-state index in [1.54, 1.807) is 28.3 Å². The van der Waals surface area contributed by atoms with E-state index in [2.05, 4.69) is 6.92 Å². The van der Waals surface area contributed by atoms with Gasteiger partial charge in [0.05, 0.1) is 30.5 Å². The Morgan fingerprint density at radius 3 is 2.19 bits per heavy atom. The van der Waals surface area contributed by atoms with Crippen molar-refractivity contribution in [2.24, 2.45) is 35.5 Å². The van der Waals surface area contributed by atoms with Gasteiger partial charge < -0.3 is 38.8 Å². The number of allylic oxidation sites excluding steroid dienone is 2. The van der Waals surface area contributed by atoms with E-state index in [-0.39, 0.29) is 42.6 Å². The number of ether oxygens (including phenoxy) is 5. The molecule has 1 saturated carbocycles. The number of methoxy groups -OCH3 is 3. The summed E-state index contributed by atoms with van der Waals surface area (Å²) in [5, 5.41) is 22.2. The number of cyclic esters (lactones) is 1. The van der Waals surface area contributed by atoms with Crippen molar-refractivity contribution in [1.82, 2.24) is 4.90 Å². The Morgan fingerprint density at radius 1 is 0.895 bits per heavy atom. The van der Waals surface area contributed by atoms with Gasteiger partial charge in [0.25, 0.3) is 11.7 Å². The highest BCUT2D eigenvalue weighted by atomic mass is 16.6. The number of Topliss-reactive ketones (excluding diaryl/α,β-unsaturated/α-hetero) is 2. The minimum Gasteiger partial charge on any atom is -0.460 e. The van der Waals surface area contributed by atoms with E-state index in [9.17, 15) is 29.4 Å². The number of hydrogen-bond donors (Lipinski definition) is 2. The van der Waals surface area contributed by atoms with Gasteiger partial charge in [0.1, 0.15) is 29.1 Å². The Bertz CT molecular complexity index is 1420. The van der Waals surface area contributed by atoms with Gasteiger partial charge in [0.15, 0.2) is 0 Å². The van der Waals surface area contributed by atoms with Crippen molar-refractivity contribution < 1.29 is 53.1 Å². The van der Waals surface area contributed by atoms with Crippen LogP contribution in [0, 0.1) is 35.5 Å². The van der Waals surface area contributed by atoms with Crippen LogP contribution in [-0.2, 0) is 42.9 Å². The summed E-state index contributed by atoms with van der Waals surface area (Å²) in [5.74, 6) is -3.53. The van der Waals surface area contributed by atoms with Crippen molar-refractivity contribution >= 4 is 23.4 Å². The van der Waals surface area contributed by atoms with Gasteiger partial charge in [-0.25, -0.2) is 4.79 Å². The summed E-state index contributed by atoms with van der Waals surface area (Å²) < 4.78 is 31.0. The number of carbonyl (C=O) groups excluding carboxylic acids is 4. The number of piperidine rings is 1. The Hall–Kier alpha value is -2.22. The molecule has 3 fully saturated rings. The summed E-state index contributed by atoms with van der Waals surface area (Å²) in [6.45, 7) is 15.6. The molecule has 12 nitrogen and oxygen atoms in total. The number of carbonyl (C=O) groups is 4. The standard InChI is InChI=1S/C45H75NO11/c1-12-32-20-26(2)19-27(3)21-38(54-10)45(8)39(55-11)23-29(5)44(7,57-45)41(50)42(51)46-18-14-13-15-33(46)43(52)56-40(30(6)35(48)25-36(32)49)28(4)22-31-16-17-34(47)37(24-31)53-9/h20,27-35,37-40,47-48H,12-19,21-25H2,1-11H3/b26-20-/t27-,28?,29+,30+,31?,32+,33-,34+,35-,37+,38-,39-,40+,44+,45+/m0/s1. The number of hydrogen-bond acceptors (Lipinski definition) is 11. The van der Waals surface area contributed by atoms with Crippen LogP contribution in [0.2, 0.25) is 0 Å². The highest BCUT2D eigenvalue weighted by Crippen LogP contribution is 2.46. The second kappa shape index (κ2) is 20.4. The van der Waals surface area contributed by atoms with Gasteiger partial charge in [-0.3, -0.25) is 14.4 Å². The smallest absolute Gasteiger partial charge is 0.329 e. The highest BCUT2D eigenvalue weighted by Gasteiger charge is 2.59. The van der Waals surface area contributed by atoms with Crippen LogP contribution in [0.5, 0.6) is 0 Å². The normalized spacial score (nSPS) is 42.6. The lowest BCUT2D eigenvalue weighted by atomic mass is 9.72. The van der Waals surface area contributed by atoms with Gasteiger partial charge in [0.2, 0.25) is 0 Å². The molecule has 2 saturated heterocycles. The van der Waals surface area contributed by atoms with Crippen molar-refractivity contribution in [3.8, 4) is 0 Å². The maximum atomic E-state index is 14.6. The third-order valence-corrected chi connectivity index (χ3v) is 14.3. The van der Waals surface area contributed by atoms with Crippen LogP contribution in [-0.4, -0.2) is 120 Å².